The van der Waals surface area contributed by atoms with Crippen molar-refractivity contribution in [1.82, 2.24) is 9.88 Å². The largest absolute Gasteiger partial charge is 0.340 e. The van der Waals surface area contributed by atoms with Crippen molar-refractivity contribution in [3.8, 4) is 0 Å². The molecular formula is C27H21ClFN3OS. The van der Waals surface area contributed by atoms with Crippen molar-refractivity contribution < 1.29 is 9.18 Å². The summed E-state index contributed by atoms with van der Waals surface area (Å²) in [5.74, 6) is -0.438. The maximum Gasteiger partial charge on any atom is 0.264 e. The van der Waals surface area contributed by atoms with Crippen LogP contribution in [0.15, 0.2) is 76.6 Å². The third kappa shape index (κ3) is 4.39. The van der Waals surface area contributed by atoms with Crippen molar-refractivity contribution in [2.75, 3.05) is 0 Å². The Balaban J connectivity index is 1.52. The normalized spacial score (nSPS) is 16.1. The highest BCUT2D eigenvalue weighted by Gasteiger charge is 2.25. The number of thioether (sulfide) groups is 1. The van der Waals surface area contributed by atoms with Crippen LogP contribution in [0.1, 0.15) is 22.4 Å². The van der Waals surface area contributed by atoms with Gasteiger partial charge in [0.1, 0.15) is 5.82 Å². The third-order valence-electron chi connectivity index (χ3n) is 5.82. The minimum absolute atomic E-state index is 0.184. The number of nitrogens with zero attached hydrogens (tertiary/aromatic N) is 2. The first-order valence-corrected chi connectivity index (χ1v) is 12.0. The van der Waals surface area contributed by atoms with Crippen LogP contribution in [0.3, 0.4) is 0 Å². The number of carbonyl (C=O) groups is 1. The quantitative estimate of drug-likeness (QED) is 0.314. The SMILES string of the molecule is Cc1cc(Cl)ccc1N=C1NC(=O)/C(=C/c2c(C)n(Cc3cccc(F)c3)c3ccccc23)S1. The van der Waals surface area contributed by atoms with Crippen molar-refractivity contribution in [3.05, 3.63) is 105 Å². The van der Waals surface area contributed by atoms with E-state index in [2.05, 4.69) is 14.9 Å². The van der Waals surface area contributed by atoms with Gasteiger partial charge in [-0.2, -0.15) is 0 Å². The number of nitrogens with one attached hydrogen (secondary N) is 1. The topological polar surface area (TPSA) is 46.4 Å². The number of aryl methyl sites for hydroxylation is 1. The van der Waals surface area contributed by atoms with Gasteiger partial charge in [0.2, 0.25) is 0 Å². The van der Waals surface area contributed by atoms with Gasteiger partial charge in [0.15, 0.2) is 5.17 Å². The van der Waals surface area contributed by atoms with Crippen LogP contribution in [0.2, 0.25) is 5.02 Å². The van der Waals surface area contributed by atoms with E-state index < -0.39 is 0 Å². The second-order valence-corrected chi connectivity index (χ2v) is 9.61. The number of rotatable bonds is 4. The minimum Gasteiger partial charge on any atom is -0.340 e. The number of aliphatic imine (C=N–C) groups is 1. The minimum atomic E-state index is -0.254. The maximum absolute atomic E-state index is 13.8. The molecule has 1 aromatic heterocycles. The molecule has 0 aliphatic carbocycles. The van der Waals surface area contributed by atoms with Crippen LogP contribution in [-0.2, 0) is 11.3 Å². The third-order valence-corrected chi connectivity index (χ3v) is 6.96. The fourth-order valence-corrected chi connectivity index (χ4v) is 5.17. The number of hydrogen-bond donors (Lipinski definition) is 1. The number of aromatic nitrogens is 1. The molecule has 0 unspecified atom stereocenters. The lowest BCUT2D eigenvalue weighted by Crippen LogP contribution is -2.19. The van der Waals surface area contributed by atoms with Gasteiger partial charge in [-0.15, -0.1) is 0 Å². The van der Waals surface area contributed by atoms with E-state index >= 15 is 0 Å². The monoisotopic (exact) mass is 489 g/mol. The first kappa shape index (κ1) is 22.4. The molecule has 5 rings (SSSR count). The Bertz CT molecular complexity index is 1510. The Hall–Kier alpha value is -3.35. The Morgan fingerprint density at radius 1 is 1.09 bits per heavy atom. The predicted octanol–water partition coefficient (Wildman–Crippen LogP) is 6.99. The molecule has 1 N–H and O–H groups in total. The summed E-state index contributed by atoms with van der Waals surface area (Å²) in [4.78, 5) is 17.9. The first-order chi connectivity index (χ1) is 16.4. The van der Waals surface area contributed by atoms with E-state index in [4.69, 9.17) is 11.6 Å². The molecule has 0 spiro atoms. The van der Waals surface area contributed by atoms with Crippen molar-refractivity contribution in [2.24, 2.45) is 4.99 Å². The highest BCUT2D eigenvalue weighted by atomic mass is 35.5. The number of para-hydroxylation sites is 1. The van der Waals surface area contributed by atoms with Gasteiger partial charge in [0.05, 0.1) is 10.6 Å². The molecule has 4 nitrogen and oxygen atoms in total. The molecule has 0 atom stereocenters. The molecule has 0 radical (unpaired) electrons. The van der Waals surface area contributed by atoms with Gasteiger partial charge in [-0.3, -0.25) is 4.79 Å². The van der Waals surface area contributed by atoms with Gasteiger partial charge < -0.3 is 9.88 Å². The van der Waals surface area contributed by atoms with E-state index in [1.165, 1.54) is 17.8 Å². The molecule has 1 saturated heterocycles. The van der Waals surface area contributed by atoms with Crippen LogP contribution in [0, 0.1) is 19.7 Å². The van der Waals surface area contributed by atoms with Crippen LogP contribution in [0.4, 0.5) is 10.1 Å². The van der Waals surface area contributed by atoms with Gasteiger partial charge in [0.25, 0.3) is 5.91 Å². The summed E-state index contributed by atoms with van der Waals surface area (Å²) in [5.41, 5.74) is 5.58. The summed E-state index contributed by atoms with van der Waals surface area (Å²) >= 11 is 7.35. The van der Waals surface area contributed by atoms with Crippen LogP contribution < -0.4 is 5.32 Å². The maximum atomic E-state index is 13.8. The zero-order valence-corrected chi connectivity index (χ0v) is 20.2. The number of carbonyl (C=O) groups excluding carboxylic acids is 1. The first-order valence-electron chi connectivity index (χ1n) is 10.8. The molecule has 1 aliphatic heterocycles. The van der Waals surface area contributed by atoms with Gasteiger partial charge >= 0.3 is 0 Å². The lowest BCUT2D eigenvalue weighted by atomic mass is 10.1. The fraction of sp³-hybridized carbons (Fsp3) is 0.111. The summed E-state index contributed by atoms with van der Waals surface area (Å²) in [6.07, 6.45) is 1.91. The fourth-order valence-electron chi connectivity index (χ4n) is 4.13. The second-order valence-electron chi connectivity index (χ2n) is 8.14. The molecule has 170 valence electrons. The highest BCUT2D eigenvalue weighted by molar-refractivity contribution is 8.18. The van der Waals surface area contributed by atoms with E-state index in [-0.39, 0.29) is 11.7 Å². The molecule has 7 heteroatoms. The van der Waals surface area contributed by atoms with Crippen LogP contribution in [0.25, 0.3) is 17.0 Å². The van der Waals surface area contributed by atoms with Crippen molar-refractivity contribution in [1.29, 1.82) is 0 Å². The van der Waals surface area contributed by atoms with Crippen molar-refractivity contribution >= 4 is 57.1 Å². The summed E-state index contributed by atoms with van der Waals surface area (Å²) in [5, 5.41) is 5.08. The van der Waals surface area contributed by atoms with Crippen LogP contribution in [0.5, 0.6) is 0 Å². The van der Waals surface area contributed by atoms with E-state index in [0.29, 0.717) is 21.6 Å². The molecule has 4 aromatic rings. The number of amides is 1. The molecule has 1 aliphatic rings. The molecule has 1 fully saturated rings. The molecule has 2 heterocycles. The van der Waals surface area contributed by atoms with Gasteiger partial charge in [-0.05, 0) is 79.2 Å². The number of hydrogen-bond acceptors (Lipinski definition) is 3. The molecule has 0 bridgehead atoms. The van der Waals surface area contributed by atoms with E-state index in [1.807, 2.05) is 62.4 Å². The number of halogens is 2. The van der Waals surface area contributed by atoms with E-state index in [0.717, 1.165) is 39.0 Å². The average molecular weight is 490 g/mol. The Morgan fingerprint density at radius 2 is 1.91 bits per heavy atom. The lowest BCUT2D eigenvalue weighted by Gasteiger charge is -2.09. The zero-order chi connectivity index (χ0) is 23.8. The standard InChI is InChI=1S/C27H21ClFN3OS/c1-16-12-19(28)10-11-23(16)30-27-31-26(33)25(34-27)14-22-17(2)32(24-9-4-3-8-21(22)24)15-18-6-5-7-20(29)13-18/h3-14H,15H2,1-2H3,(H,30,31,33)/b25-14-. The molecule has 3 aromatic carbocycles. The smallest absolute Gasteiger partial charge is 0.264 e. The molecule has 1 amide bonds. The van der Waals surface area contributed by atoms with E-state index in [9.17, 15) is 9.18 Å². The van der Waals surface area contributed by atoms with Crippen molar-refractivity contribution in [3.63, 3.8) is 0 Å². The predicted molar refractivity (Wildman–Crippen MR) is 139 cm³/mol. The van der Waals surface area contributed by atoms with Crippen LogP contribution in [-0.4, -0.2) is 15.6 Å². The Labute approximate surface area is 206 Å². The number of amidine groups is 1. The Morgan fingerprint density at radius 3 is 2.71 bits per heavy atom. The van der Waals surface area contributed by atoms with Gasteiger partial charge in [-0.1, -0.05) is 41.9 Å². The summed E-state index contributed by atoms with van der Waals surface area (Å²) in [7, 11) is 0. The van der Waals surface area contributed by atoms with Crippen molar-refractivity contribution in [2.45, 2.75) is 20.4 Å². The molecular weight excluding hydrogens is 469 g/mol. The molecule has 0 saturated carbocycles. The summed E-state index contributed by atoms with van der Waals surface area (Å²) in [6, 6.07) is 20.1. The molecule has 34 heavy (non-hydrogen) atoms. The number of benzene rings is 3. The average Bonchev–Trinajstić information content (AvgIpc) is 3.28. The van der Waals surface area contributed by atoms with Gasteiger partial charge in [0, 0.05) is 33.7 Å². The highest BCUT2D eigenvalue weighted by Crippen LogP contribution is 2.34. The van der Waals surface area contributed by atoms with E-state index in [1.54, 1.807) is 18.2 Å². The summed E-state index contributed by atoms with van der Waals surface area (Å²) < 4.78 is 15.9. The number of fused-ring (bicyclic) bond motifs is 1. The van der Waals surface area contributed by atoms with Crippen LogP contribution >= 0.6 is 23.4 Å². The van der Waals surface area contributed by atoms with Gasteiger partial charge in [-0.25, -0.2) is 9.38 Å². The Kier molecular flexibility index (Phi) is 6.02. The summed E-state index contributed by atoms with van der Waals surface area (Å²) in [6.45, 7) is 4.49. The lowest BCUT2D eigenvalue weighted by molar-refractivity contribution is -0.115. The zero-order valence-electron chi connectivity index (χ0n) is 18.6. The second kappa shape index (κ2) is 9.12.